The Morgan fingerprint density at radius 3 is 1.88 bits per heavy atom. The van der Waals surface area contributed by atoms with Gasteiger partial charge in [-0.05, 0) is 0 Å². The molecule has 3 nitrogen and oxygen atoms in total. The van der Waals surface area contributed by atoms with Crippen LogP contribution in [0.15, 0.2) is 45.2 Å². The van der Waals surface area contributed by atoms with E-state index < -0.39 is 24.3 Å². The Balaban J connectivity index is 3.31. The minimum atomic E-state index is -2.55. The molecule has 4 heteroatoms. The van der Waals surface area contributed by atoms with E-state index in [0.717, 1.165) is 5.71 Å². The van der Waals surface area contributed by atoms with Gasteiger partial charge in [0.05, 0.1) is 0 Å². The van der Waals surface area contributed by atoms with Crippen molar-refractivity contribution in [2.24, 2.45) is 16.5 Å². The summed E-state index contributed by atoms with van der Waals surface area (Å²) >= 11 is -2.55. The Bertz CT molecular complexity index is 743. The van der Waals surface area contributed by atoms with Crippen molar-refractivity contribution in [2.75, 3.05) is 0 Å². The Morgan fingerprint density at radius 1 is 0.970 bits per heavy atom. The van der Waals surface area contributed by atoms with E-state index in [0.29, 0.717) is 11.5 Å². The topological polar surface area (TPSA) is 38.7 Å². The fourth-order valence-corrected chi connectivity index (χ4v) is 23.5. The van der Waals surface area contributed by atoms with Gasteiger partial charge in [0.25, 0.3) is 0 Å². The zero-order chi connectivity index (χ0) is 24.9. The molecule has 0 aliphatic heterocycles. The van der Waals surface area contributed by atoms with Crippen LogP contribution in [-0.2, 0) is 4.84 Å². The van der Waals surface area contributed by atoms with E-state index >= 15 is 0 Å². The number of unbranched alkanes of at least 4 members (excludes halogenated alkanes) is 3. The molecule has 0 N–H and O–H groups in total. The maximum absolute atomic E-state index is 12.4. The summed E-state index contributed by atoms with van der Waals surface area (Å²) < 4.78 is 6.16. The average molecular weight is 562 g/mol. The number of nitrogens with zero attached hydrogens (tertiary/aromatic N) is 1. The summed E-state index contributed by atoms with van der Waals surface area (Å²) in [5, 5.41) is 4.30. The minimum absolute atomic E-state index is 0.247. The number of oxime groups is 1. The summed E-state index contributed by atoms with van der Waals surface area (Å²) in [5.74, 6) is 0.159. The van der Waals surface area contributed by atoms with Gasteiger partial charge in [-0.2, -0.15) is 0 Å². The summed E-state index contributed by atoms with van der Waals surface area (Å²) in [6.07, 6.45) is 10.5. The van der Waals surface area contributed by atoms with E-state index in [1.165, 1.54) is 51.8 Å². The van der Waals surface area contributed by atoms with E-state index in [2.05, 4.69) is 59.7 Å². The Morgan fingerprint density at radius 2 is 1.45 bits per heavy atom. The van der Waals surface area contributed by atoms with E-state index in [4.69, 9.17) is 4.84 Å². The summed E-state index contributed by atoms with van der Waals surface area (Å²) in [6, 6.07) is 9.08. The van der Waals surface area contributed by atoms with Crippen LogP contribution in [0.1, 0.15) is 104 Å². The fraction of sp³-hybridized carbons (Fsp3) is 0.655. The molecule has 0 fully saturated rings. The molecule has 0 bridgehead atoms. The molecule has 0 aliphatic carbocycles. The third-order valence-electron chi connectivity index (χ3n) is 6.98. The van der Waals surface area contributed by atoms with Gasteiger partial charge in [0.15, 0.2) is 0 Å². The summed E-state index contributed by atoms with van der Waals surface area (Å²) in [4.78, 5) is 17.7. The van der Waals surface area contributed by atoms with Crippen LogP contribution >= 0.6 is 0 Å². The van der Waals surface area contributed by atoms with Crippen LogP contribution in [0.4, 0.5) is 0 Å². The van der Waals surface area contributed by atoms with Crippen molar-refractivity contribution in [3.8, 4) is 0 Å². The average Bonchev–Trinajstić information content (AvgIpc) is 2.81. The van der Waals surface area contributed by atoms with E-state index in [1.807, 2.05) is 25.1 Å². The second kappa shape index (κ2) is 15.0. The number of rotatable bonds is 15. The Hall–Kier alpha value is -1.10. The van der Waals surface area contributed by atoms with Gasteiger partial charge in [-0.25, -0.2) is 0 Å². The van der Waals surface area contributed by atoms with Gasteiger partial charge in [0, 0.05) is 0 Å². The van der Waals surface area contributed by atoms with Crippen LogP contribution in [0.3, 0.4) is 0 Å². The van der Waals surface area contributed by atoms with Crippen molar-refractivity contribution >= 4 is 30.1 Å². The monoisotopic (exact) mass is 563 g/mol. The first-order valence-corrected chi connectivity index (χ1v) is 20.7. The first kappa shape index (κ1) is 29.9. The number of carbonyl (C=O) groups is 1. The van der Waals surface area contributed by atoms with Crippen molar-refractivity contribution in [2.45, 2.75) is 107 Å². The van der Waals surface area contributed by atoms with Crippen molar-refractivity contribution < 1.29 is 9.63 Å². The van der Waals surface area contributed by atoms with Gasteiger partial charge in [-0.15, -0.1) is 0 Å². The number of benzene rings is 1. The molecule has 0 spiro atoms. The Labute approximate surface area is 208 Å². The molecule has 0 saturated carbocycles. The predicted molar refractivity (Wildman–Crippen MR) is 147 cm³/mol. The third-order valence-corrected chi connectivity index (χ3v) is 23.8. The molecule has 0 unspecified atom stereocenters. The van der Waals surface area contributed by atoms with Gasteiger partial charge in [-0.1, -0.05) is 0 Å². The predicted octanol–water partition coefficient (Wildman–Crippen LogP) is 9.22. The SMILES string of the molecule is CCC[CH2][Sn]([CH2]CCC)([CH2]CCC)/[C](=C/C(C)(C)/C(C)=N/OC(=O)c1ccccc1)C(C)C. The van der Waals surface area contributed by atoms with Crippen LogP contribution < -0.4 is 0 Å². The first-order chi connectivity index (χ1) is 15.6. The van der Waals surface area contributed by atoms with Crippen molar-refractivity contribution in [3.05, 3.63) is 45.6 Å². The normalized spacial score (nSPS) is 13.5. The molecule has 0 heterocycles. The van der Waals surface area contributed by atoms with Crippen LogP contribution in [0, 0.1) is 11.3 Å². The van der Waals surface area contributed by atoms with Crippen LogP contribution in [-0.4, -0.2) is 30.1 Å². The van der Waals surface area contributed by atoms with Crippen LogP contribution in [0.5, 0.6) is 0 Å². The van der Waals surface area contributed by atoms with Gasteiger partial charge >= 0.3 is 209 Å². The second-order valence-corrected chi connectivity index (χ2v) is 23.7. The summed E-state index contributed by atoms with van der Waals surface area (Å²) in [6.45, 7) is 18.2. The van der Waals surface area contributed by atoms with Crippen molar-refractivity contribution in [3.63, 3.8) is 0 Å². The maximum atomic E-state index is 12.4. The number of carbonyl (C=O) groups excluding carboxylic acids is 1. The molecule has 0 amide bonds. The third kappa shape index (κ3) is 9.58. The molecule has 0 aromatic heterocycles. The van der Waals surface area contributed by atoms with Crippen molar-refractivity contribution in [1.82, 2.24) is 0 Å². The molecule has 186 valence electrons. The standard InChI is InChI=1S/C17H22NO2.3C4H9.Sn/c1-13(2)11-12-17(4,5)14(3)18-20-16(19)15-9-7-6-8-10-15;3*1-3-4-2;/h6-10,12-13H,1-5H3;3*1,3-4H2,2H3;/b12-11?,18-14+;;;;. The van der Waals surface area contributed by atoms with Crippen molar-refractivity contribution in [1.29, 1.82) is 0 Å². The fourth-order valence-electron chi connectivity index (χ4n) is 4.63. The first-order valence-electron chi connectivity index (χ1n) is 13.2. The number of allylic oxidation sites excluding steroid dienone is 2. The quantitative estimate of drug-likeness (QED) is 0.0925. The van der Waals surface area contributed by atoms with Gasteiger partial charge in [0.2, 0.25) is 0 Å². The molecular weight excluding hydrogens is 513 g/mol. The molecule has 1 rings (SSSR count). The second-order valence-electron chi connectivity index (χ2n) is 10.5. The molecule has 0 aliphatic rings. The molecule has 0 radical (unpaired) electrons. The zero-order valence-electron chi connectivity index (χ0n) is 22.7. The van der Waals surface area contributed by atoms with E-state index in [1.54, 1.807) is 15.7 Å². The number of hydrogen-bond acceptors (Lipinski definition) is 3. The zero-order valence-corrected chi connectivity index (χ0v) is 25.5. The molecule has 33 heavy (non-hydrogen) atoms. The van der Waals surface area contributed by atoms with Gasteiger partial charge in [0.1, 0.15) is 0 Å². The summed E-state index contributed by atoms with van der Waals surface area (Å²) in [5.41, 5.74) is 1.13. The molecule has 0 atom stereocenters. The van der Waals surface area contributed by atoms with Gasteiger partial charge in [-0.3, -0.25) is 0 Å². The molecule has 1 aromatic carbocycles. The molecule has 1 aromatic rings. The molecular formula is C29H49NO2Sn. The van der Waals surface area contributed by atoms with Gasteiger partial charge < -0.3 is 0 Å². The van der Waals surface area contributed by atoms with E-state index in [-0.39, 0.29) is 5.41 Å². The number of hydrogen-bond donors (Lipinski definition) is 0. The Kier molecular flexibility index (Phi) is 13.6. The van der Waals surface area contributed by atoms with Crippen LogP contribution in [0.2, 0.25) is 13.3 Å². The van der Waals surface area contributed by atoms with E-state index in [9.17, 15) is 4.79 Å². The summed E-state index contributed by atoms with van der Waals surface area (Å²) in [7, 11) is 0. The van der Waals surface area contributed by atoms with Crippen LogP contribution in [0.25, 0.3) is 0 Å². The molecule has 0 saturated heterocycles.